The highest BCUT2D eigenvalue weighted by Gasteiger charge is 2.19. The van der Waals surface area contributed by atoms with Crippen LogP contribution in [0.3, 0.4) is 0 Å². The van der Waals surface area contributed by atoms with Crippen LogP contribution in [-0.2, 0) is 28.6 Å². The highest BCUT2D eigenvalue weighted by atomic mass is 16.6. The maximum Gasteiger partial charge on any atom is 0.306 e. The summed E-state index contributed by atoms with van der Waals surface area (Å²) in [6.45, 7) is 6.58. The molecule has 0 aliphatic carbocycles. The summed E-state index contributed by atoms with van der Waals surface area (Å²) >= 11 is 0. The molecule has 0 aromatic heterocycles. The maximum absolute atomic E-state index is 12.9. The van der Waals surface area contributed by atoms with E-state index in [-0.39, 0.29) is 31.1 Å². The lowest BCUT2D eigenvalue weighted by molar-refractivity contribution is -0.167. The molecule has 0 radical (unpaired) electrons. The van der Waals surface area contributed by atoms with Crippen molar-refractivity contribution in [1.29, 1.82) is 0 Å². The third-order valence-corrected chi connectivity index (χ3v) is 15.3. The zero-order valence-electron chi connectivity index (χ0n) is 51.7. The molecule has 0 fully saturated rings. The summed E-state index contributed by atoms with van der Waals surface area (Å²) < 4.78 is 16.9. The van der Waals surface area contributed by atoms with E-state index < -0.39 is 6.10 Å². The second-order valence-electron chi connectivity index (χ2n) is 23.1. The van der Waals surface area contributed by atoms with Crippen molar-refractivity contribution in [3.05, 3.63) is 48.6 Å². The van der Waals surface area contributed by atoms with Crippen molar-refractivity contribution in [3.8, 4) is 0 Å². The second-order valence-corrected chi connectivity index (χ2v) is 23.1. The van der Waals surface area contributed by atoms with Crippen molar-refractivity contribution >= 4 is 17.9 Å². The molecule has 0 aromatic carbocycles. The van der Waals surface area contributed by atoms with E-state index in [0.717, 1.165) is 83.5 Å². The van der Waals surface area contributed by atoms with Crippen molar-refractivity contribution in [3.63, 3.8) is 0 Å². The van der Waals surface area contributed by atoms with Crippen molar-refractivity contribution in [1.82, 2.24) is 0 Å². The molecule has 6 nitrogen and oxygen atoms in total. The summed E-state index contributed by atoms with van der Waals surface area (Å²) in [7, 11) is 0. The van der Waals surface area contributed by atoms with Crippen LogP contribution in [0.5, 0.6) is 0 Å². The molecule has 0 N–H and O–H groups in total. The number of esters is 3. The summed E-state index contributed by atoms with van der Waals surface area (Å²) in [5.74, 6) is -0.840. The predicted octanol–water partition coefficient (Wildman–Crippen LogP) is 23.3. The quantitative estimate of drug-likeness (QED) is 0.0261. The molecule has 0 aliphatic rings. The number of carbonyl (C=O) groups is 3. The zero-order chi connectivity index (χ0) is 55.7. The molecule has 1 atom stereocenters. The van der Waals surface area contributed by atoms with E-state index in [0.29, 0.717) is 19.3 Å². The monoisotopic (exact) mass is 1080 g/mol. The Balaban J connectivity index is 4.04. The van der Waals surface area contributed by atoms with Crippen molar-refractivity contribution in [2.75, 3.05) is 13.2 Å². The smallest absolute Gasteiger partial charge is 0.306 e. The number of hydrogen-bond acceptors (Lipinski definition) is 6. The third-order valence-electron chi connectivity index (χ3n) is 15.3. The Morgan fingerprint density at radius 3 is 0.792 bits per heavy atom. The van der Waals surface area contributed by atoms with Gasteiger partial charge in [-0.15, -0.1) is 0 Å². The van der Waals surface area contributed by atoms with E-state index in [1.165, 1.54) is 244 Å². The Bertz CT molecular complexity index is 1330. The SMILES string of the molecule is CC/C=C\C/C=C\C/C=C\C/C=C\CCCCCCCCCCCCCCCCCCCCCCC(=O)OCC(COC(=O)CCCCCCCCCCCC)OC(=O)CCCCCCCCCCCCCCCCCC. The fourth-order valence-electron chi connectivity index (χ4n) is 10.3. The Labute approximate surface area is 479 Å². The van der Waals surface area contributed by atoms with Gasteiger partial charge < -0.3 is 14.2 Å². The molecule has 0 spiro atoms. The van der Waals surface area contributed by atoms with Crippen molar-refractivity contribution in [2.24, 2.45) is 0 Å². The molecule has 0 heterocycles. The normalized spacial score (nSPS) is 12.3. The van der Waals surface area contributed by atoms with Crippen LogP contribution in [0.25, 0.3) is 0 Å². The number of ether oxygens (including phenoxy) is 3. The van der Waals surface area contributed by atoms with Crippen LogP contribution in [0, 0.1) is 0 Å². The van der Waals surface area contributed by atoms with Crippen LogP contribution in [0.2, 0.25) is 0 Å². The van der Waals surface area contributed by atoms with E-state index in [4.69, 9.17) is 14.2 Å². The Morgan fingerprint density at radius 2 is 0.506 bits per heavy atom. The lowest BCUT2D eigenvalue weighted by Gasteiger charge is -2.18. The lowest BCUT2D eigenvalue weighted by atomic mass is 10.0. The van der Waals surface area contributed by atoms with Gasteiger partial charge in [0.25, 0.3) is 0 Å². The molecule has 0 amide bonds. The number of allylic oxidation sites excluding steroid dienone is 8. The third kappa shape index (κ3) is 64.1. The van der Waals surface area contributed by atoms with E-state index in [1.54, 1.807) is 0 Å². The molecule has 0 aromatic rings. The summed E-state index contributed by atoms with van der Waals surface area (Å²) in [6.07, 6.45) is 82.9. The second kappa shape index (κ2) is 65.9. The number of unbranched alkanes of at least 4 members (excludes halogenated alkanes) is 44. The molecule has 0 saturated carbocycles. The van der Waals surface area contributed by atoms with Gasteiger partial charge in [0, 0.05) is 19.3 Å². The number of rotatable bonds is 63. The van der Waals surface area contributed by atoms with Gasteiger partial charge in [-0.1, -0.05) is 339 Å². The summed E-state index contributed by atoms with van der Waals surface area (Å²) in [4.78, 5) is 38.2. The molecular formula is C71H130O6. The minimum atomic E-state index is -0.766. The fourth-order valence-corrected chi connectivity index (χ4v) is 10.3. The zero-order valence-corrected chi connectivity index (χ0v) is 51.7. The Morgan fingerprint density at radius 1 is 0.273 bits per heavy atom. The van der Waals surface area contributed by atoms with Crippen LogP contribution in [0.1, 0.15) is 367 Å². The van der Waals surface area contributed by atoms with Gasteiger partial charge in [-0.2, -0.15) is 0 Å². The van der Waals surface area contributed by atoms with E-state index in [2.05, 4.69) is 69.4 Å². The van der Waals surface area contributed by atoms with Gasteiger partial charge in [-0.25, -0.2) is 0 Å². The van der Waals surface area contributed by atoms with Crippen LogP contribution in [-0.4, -0.2) is 37.2 Å². The number of carbonyl (C=O) groups excluding carboxylic acids is 3. The highest BCUT2D eigenvalue weighted by Crippen LogP contribution is 2.18. The molecule has 1 unspecified atom stereocenters. The molecular weight excluding hydrogens is 949 g/mol. The van der Waals surface area contributed by atoms with Crippen LogP contribution >= 0.6 is 0 Å². The van der Waals surface area contributed by atoms with Gasteiger partial charge in [-0.3, -0.25) is 14.4 Å². The van der Waals surface area contributed by atoms with Crippen LogP contribution < -0.4 is 0 Å². The minimum Gasteiger partial charge on any atom is -0.462 e. The molecule has 0 rings (SSSR count). The molecule has 0 aliphatic heterocycles. The van der Waals surface area contributed by atoms with Gasteiger partial charge in [0.05, 0.1) is 0 Å². The van der Waals surface area contributed by atoms with Crippen LogP contribution in [0.15, 0.2) is 48.6 Å². The first-order valence-electron chi connectivity index (χ1n) is 34.1. The van der Waals surface area contributed by atoms with Gasteiger partial charge in [0.15, 0.2) is 6.10 Å². The van der Waals surface area contributed by atoms with E-state index in [1.807, 2.05) is 0 Å². The average Bonchev–Trinajstić information content (AvgIpc) is 3.43. The molecule has 0 saturated heterocycles. The predicted molar refractivity (Wildman–Crippen MR) is 335 cm³/mol. The lowest BCUT2D eigenvalue weighted by Crippen LogP contribution is -2.30. The first kappa shape index (κ1) is 74.4. The minimum absolute atomic E-state index is 0.0650. The number of hydrogen-bond donors (Lipinski definition) is 0. The summed E-state index contributed by atoms with van der Waals surface area (Å²) in [6, 6.07) is 0. The topological polar surface area (TPSA) is 78.9 Å². The van der Waals surface area contributed by atoms with Gasteiger partial charge in [0.2, 0.25) is 0 Å². The molecule has 0 bridgehead atoms. The van der Waals surface area contributed by atoms with Crippen molar-refractivity contribution in [2.45, 2.75) is 374 Å². The van der Waals surface area contributed by atoms with Gasteiger partial charge >= 0.3 is 17.9 Å². The standard InChI is InChI=1S/C71H130O6/c1-4-7-10-13-16-19-22-24-26-28-29-30-31-32-33-34-35-36-37-38-39-40-41-42-43-44-46-47-49-52-55-58-61-64-70(73)76-67-68(66-75-69(72)63-60-57-54-51-21-18-15-12-9-6-3)77-71(74)65-62-59-56-53-50-48-45-27-25-23-20-17-14-11-8-5-2/h7,10,16,19,24,26,29-30,68H,4-6,8-9,11-15,17-18,20-23,25,27-28,31-67H2,1-3H3/b10-7-,19-16-,26-24-,30-29-. The Hall–Kier alpha value is -2.63. The summed E-state index contributed by atoms with van der Waals surface area (Å²) in [5.41, 5.74) is 0. The molecule has 6 heteroatoms. The Kier molecular flexibility index (Phi) is 63.6. The first-order chi connectivity index (χ1) is 38.0. The van der Waals surface area contributed by atoms with Gasteiger partial charge in [-0.05, 0) is 57.8 Å². The first-order valence-corrected chi connectivity index (χ1v) is 34.1. The van der Waals surface area contributed by atoms with E-state index in [9.17, 15) is 14.4 Å². The molecule has 77 heavy (non-hydrogen) atoms. The molecule has 450 valence electrons. The average molecular weight is 1080 g/mol. The van der Waals surface area contributed by atoms with Crippen LogP contribution in [0.4, 0.5) is 0 Å². The van der Waals surface area contributed by atoms with Gasteiger partial charge in [0.1, 0.15) is 13.2 Å². The fraction of sp³-hybridized carbons (Fsp3) is 0.845. The maximum atomic E-state index is 12.9. The van der Waals surface area contributed by atoms with E-state index >= 15 is 0 Å². The highest BCUT2D eigenvalue weighted by molar-refractivity contribution is 5.71. The summed E-state index contributed by atoms with van der Waals surface area (Å²) in [5, 5.41) is 0. The largest absolute Gasteiger partial charge is 0.462 e. The van der Waals surface area contributed by atoms with Crippen molar-refractivity contribution < 1.29 is 28.6 Å².